The smallest absolute Gasteiger partial charge is 0.345 e. The van der Waals surface area contributed by atoms with Gasteiger partial charge < -0.3 is 33.8 Å². The molecule has 254 valence electrons. The zero-order valence-corrected chi connectivity index (χ0v) is 28.9. The van der Waals surface area contributed by atoms with Gasteiger partial charge in [-0.3, -0.25) is 19.2 Å². The number of carbonyl (C=O) groups is 5. The molecule has 2 aromatic rings. The molecule has 0 fully saturated rings. The van der Waals surface area contributed by atoms with Crippen LogP contribution in [0.2, 0.25) is 0 Å². The second-order valence-corrected chi connectivity index (χ2v) is 14.2. The quantitative estimate of drug-likeness (QED) is 0.310. The Morgan fingerprint density at radius 3 is 1.94 bits per heavy atom. The normalized spacial score (nSPS) is 17.5. The van der Waals surface area contributed by atoms with E-state index in [1.165, 1.54) is 24.4 Å². The van der Waals surface area contributed by atoms with Crippen molar-refractivity contribution in [1.82, 2.24) is 14.5 Å². The molecule has 0 radical (unpaired) electrons. The molecular formula is C29H28N4O12S3. The number of hydrogen-bond acceptors (Lipinski definition) is 16. The molecule has 48 heavy (non-hydrogen) atoms. The monoisotopic (exact) mass is 720 g/mol. The molecule has 1 spiro atoms. The molecule has 0 aromatic carbocycles. The number of pyridine rings is 1. The highest BCUT2D eigenvalue weighted by Gasteiger charge is 2.62. The molecule has 5 heterocycles. The van der Waals surface area contributed by atoms with Crippen LogP contribution >= 0.6 is 35.3 Å². The Hall–Kier alpha value is -4.62. The highest BCUT2D eigenvalue weighted by molar-refractivity contribution is 8.26. The number of hydrogen-bond donors (Lipinski definition) is 2. The Morgan fingerprint density at radius 1 is 0.875 bits per heavy atom. The van der Waals surface area contributed by atoms with Gasteiger partial charge in [0.2, 0.25) is 11.8 Å². The zero-order valence-electron chi connectivity index (χ0n) is 26.4. The largest absolute Gasteiger partial charge is 0.493 e. The fourth-order valence-corrected chi connectivity index (χ4v) is 10.6. The Bertz CT molecular complexity index is 1910. The minimum Gasteiger partial charge on any atom is -0.493 e. The van der Waals surface area contributed by atoms with Crippen molar-refractivity contribution < 1.29 is 52.8 Å². The molecule has 1 amide bonds. The Morgan fingerprint density at radius 2 is 1.44 bits per heavy atom. The predicted octanol–water partition coefficient (Wildman–Crippen LogP) is 1.90. The number of anilines is 1. The molecular weight excluding hydrogens is 693 g/mol. The van der Waals surface area contributed by atoms with E-state index in [1.807, 2.05) is 0 Å². The van der Waals surface area contributed by atoms with Crippen molar-refractivity contribution in [2.24, 2.45) is 0 Å². The Kier molecular flexibility index (Phi) is 9.23. The molecule has 16 nitrogen and oxygen atoms in total. The number of thioether (sulfide) groups is 3. The highest BCUT2D eigenvalue weighted by Crippen LogP contribution is 2.71. The van der Waals surface area contributed by atoms with Gasteiger partial charge in [-0.05, 0) is 13.8 Å². The van der Waals surface area contributed by atoms with E-state index < -0.39 is 57.5 Å². The molecule has 5 rings (SSSR count). The van der Waals surface area contributed by atoms with Crippen LogP contribution in [0.5, 0.6) is 11.6 Å². The SMILES string of the molecule is COC(=O)C1=C(C(=O)OC)SC2(S1)C(C(=O)OC)=C(C(=O)OC)SC1=C2c2cncc(OC)c2N(C(=O)Cn2c(O)c[nH]c2=O)C1(C)C. The summed E-state index contributed by atoms with van der Waals surface area (Å²) in [4.78, 5) is 87.9. The molecule has 0 aliphatic carbocycles. The molecule has 19 heteroatoms. The van der Waals surface area contributed by atoms with E-state index in [0.717, 1.165) is 74.5 Å². The average molecular weight is 721 g/mol. The number of methoxy groups -OCH3 is 5. The van der Waals surface area contributed by atoms with Crippen molar-refractivity contribution in [3.05, 3.63) is 59.8 Å². The summed E-state index contributed by atoms with van der Waals surface area (Å²) >= 11 is 2.35. The number of esters is 4. The second-order valence-electron chi connectivity index (χ2n) is 10.5. The number of H-pyrrole nitrogens is 1. The molecule has 0 unspecified atom stereocenters. The Labute approximate surface area is 284 Å². The molecule has 2 N–H and O–H groups in total. The van der Waals surface area contributed by atoms with Crippen molar-refractivity contribution in [3.63, 3.8) is 0 Å². The number of nitrogens with one attached hydrogen (secondary N) is 1. The lowest BCUT2D eigenvalue weighted by Crippen LogP contribution is -2.55. The first-order valence-corrected chi connectivity index (χ1v) is 16.1. The maximum Gasteiger partial charge on any atom is 0.345 e. The molecule has 0 saturated carbocycles. The van der Waals surface area contributed by atoms with E-state index in [-0.39, 0.29) is 42.9 Å². The lowest BCUT2D eigenvalue weighted by Gasteiger charge is -2.50. The molecule has 0 atom stereocenters. The summed E-state index contributed by atoms with van der Waals surface area (Å²) in [6, 6.07) is 0. The average Bonchev–Trinajstić information content (AvgIpc) is 3.62. The zero-order chi connectivity index (χ0) is 35.3. The third-order valence-electron chi connectivity index (χ3n) is 7.62. The molecule has 3 aliphatic rings. The summed E-state index contributed by atoms with van der Waals surface area (Å²) in [6.45, 7) is 2.70. The van der Waals surface area contributed by atoms with Crippen LogP contribution in [0.15, 0.2) is 48.6 Å². The van der Waals surface area contributed by atoms with E-state index in [1.54, 1.807) is 13.8 Å². The van der Waals surface area contributed by atoms with Crippen LogP contribution in [0.4, 0.5) is 5.69 Å². The molecule has 3 aliphatic heterocycles. The van der Waals surface area contributed by atoms with Crippen molar-refractivity contribution in [1.29, 1.82) is 0 Å². The van der Waals surface area contributed by atoms with E-state index in [4.69, 9.17) is 23.7 Å². The van der Waals surface area contributed by atoms with Crippen LogP contribution in [0, 0.1) is 0 Å². The summed E-state index contributed by atoms with van der Waals surface area (Å²) in [7, 11) is 5.80. The van der Waals surface area contributed by atoms with Crippen LogP contribution in [0.1, 0.15) is 19.4 Å². The molecule has 0 bridgehead atoms. The van der Waals surface area contributed by atoms with Crippen LogP contribution in [-0.4, -0.2) is 94.6 Å². The van der Waals surface area contributed by atoms with Gasteiger partial charge in [-0.25, -0.2) is 24.0 Å². The number of ether oxygens (including phenoxy) is 5. The topological polar surface area (TPSA) is 206 Å². The van der Waals surface area contributed by atoms with E-state index in [9.17, 15) is 33.9 Å². The van der Waals surface area contributed by atoms with Gasteiger partial charge in [0, 0.05) is 22.2 Å². The Balaban J connectivity index is 1.88. The molecule has 0 saturated heterocycles. The van der Waals surface area contributed by atoms with Gasteiger partial charge in [0.15, 0.2) is 5.75 Å². The number of aromatic hydroxyl groups is 1. The fraction of sp³-hybridized carbons (Fsp3) is 0.345. The van der Waals surface area contributed by atoms with Crippen molar-refractivity contribution in [3.8, 4) is 11.6 Å². The second kappa shape index (κ2) is 12.8. The summed E-state index contributed by atoms with van der Waals surface area (Å²) in [5.41, 5.74) is -1.75. The minimum atomic E-state index is -1.82. The molecule has 2 aromatic heterocycles. The summed E-state index contributed by atoms with van der Waals surface area (Å²) < 4.78 is 24.9. The van der Waals surface area contributed by atoms with Crippen LogP contribution in [0.25, 0.3) is 5.57 Å². The number of imidazole rings is 1. The first kappa shape index (κ1) is 34.7. The first-order chi connectivity index (χ1) is 22.7. The maximum absolute atomic E-state index is 14.3. The van der Waals surface area contributed by atoms with E-state index in [2.05, 4.69) is 9.97 Å². The first-order valence-electron chi connectivity index (χ1n) is 13.7. The van der Waals surface area contributed by atoms with Crippen molar-refractivity contribution in [2.45, 2.75) is 30.0 Å². The number of aromatic amines is 1. The van der Waals surface area contributed by atoms with Gasteiger partial charge >= 0.3 is 29.6 Å². The van der Waals surface area contributed by atoms with Gasteiger partial charge in [0.25, 0.3) is 0 Å². The van der Waals surface area contributed by atoms with Gasteiger partial charge in [-0.2, -0.15) is 0 Å². The standard InChI is InChI=1S/C29H28N4O12S3/c1-28(2)22-16(12-8-30-9-13(41-3)18(12)33(28)15(35)11-32-14(34)10-31-27(32)40)29(17(23(36)42-4)19(46-22)24(37)43-5)47-20(25(38)44-6)21(48-29)26(39)45-7/h8-10,34H,11H2,1-7H3,(H,31,40). The maximum atomic E-state index is 14.3. The fourth-order valence-electron chi connectivity index (χ4n) is 5.54. The van der Waals surface area contributed by atoms with Gasteiger partial charge in [0.05, 0.1) is 64.7 Å². The number of amides is 1. The van der Waals surface area contributed by atoms with Gasteiger partial charge in [0.1, 0.15) is 25.3 Å². The van der Waals surface area contributed by atoms with E-state index in [0.29, 0.717) is 4.91 Å². The lowest BCUT2D eigenvalue weighted by molar-refractivity contribution is -0.138. The minimum absolute atomic E-state index is 0.107. The number of fused-ring (bicyclic) bond motifs is 3. The third-order valence-corrected chi connectivity index (χ3v) is 12.3. The van der Waals surface area contributed by atoms with Gasteiger partial charge in [-0.15, -0.1) is 0 Å². The number of rotatable bonds is 7. The lowest BCUT2D eigenvalue weighted by atomic mass is 9.84. The van der Waals surface area contributed by atoms with Crippen LogP contribution in [-0.2, 0) is 49.5 Å². The van der Waals surface area contributed by atoms with E-state index >= 15 is 0 Å². The van der Waals surface area contributed by atoms with Crippen LogP contribution in [0.3, 0.4) is 0 Å². The third kappa shape index (κ3) is 5.16. The van der Waals surface area contributed by atoms with Crippen molar-refractivity contribution in [2.75, 3.05) is 40.4 Å². The van der Waals surface area contributed by atoms with Gasteiger partial charge in [-0.1, -0.05) is 35.3 Å². The summed E-state index contributed by atoms with van der Waals surface area (Å²) in [5, 5.41) is 10.3. The number of carbonyl (C=O) groups excluding carboxylic acids is 5. The van der Waals surface area contributed by atoms with Crippen molar-refractivity contribution >= 4 is 76.3 Å². The predicted molar refractivity (Wildman–Crippen MR) is 174 cm³/mol. The van der Waals surface area contributed by atoms with Crippen LogP contribution < -0.4 is 15.3 Å². The number of aromatic nitrogens is 3. The number of nitrogens with zero attached hydrogens (tertiary/aromatic N) is 3. The summed E-state index contributed by atoms with van der Waals surface area (Å²) in [6.07, 6.45) is 3.79. The highest BCUT2D eigenvalue weighted by atomic mass is 32.2. The summed E-state index contributed by atoms with van der Waals surface area (Å²) in [5.74, 6) is -4.79.